The highest BCUT2D eigenvalue weighted by Crippen LogP contribution is 2.22. The predicted octanol–water partition coefficient (Wildman–Crippen LogP) is 0.714. The molecule has 2 aromatic rings. The van der Waals surface area contributed by atoms with E-state index >= 15 is 0 Å². The molecule has 7 nitrogen and oxygen atoms in total. The van der Waals surface area contributed by atoms with E-state index in [0.29, 0.717) is 11.6 Å². The van der Waals surface area contributed by atoms with E-state index in [2.05, 4.69) is 20.0 Å². The normalized spacial score (nSPS) is 10.1. The van der Waals surface area contributed by atoms with Gasteiger partial charge in [0.15, 0.2) is 5.82 Å². The maximum Gasteiger partial charge on any atom is 0.255 e. The van der Waals surface area contributed by atoms with Crippen molar-refractivity contribution >= 4 is 5.91 Å². The fraction of sp³-hybridized carbons (Fsp3) is 0.182. The van der Waals surface area contributed by atoms with Gasteiger partial charge >= 0.3 is 0 Å². The van der Waals surface area contributed by atoms with Crippen LogP contribution in [0.3, 0.4) is 0 Å². The molecule has 0 atom stereocenters. The van der Waals surface area contributed by atoms with Crippen LogP contribution in [0.5, 0.6) is 11.5 Å². The average Bonchev–Trinajstić information content (AvgIpc) is 2.89. The van der Waals surface area contributed by atoms with Gasteiger partial charge in [-0.05, 0) is 18.2 Å². The predicted molar refractivity (Wildman–Crippen MR) is 60.1 cm³/mol. The fourth-order valence-corrected chi connectivity index (χ4v) is 1.35. The van der Waals surface area contributed by atoms with Crippen LogP contribution in [-0.2, 0) is 6.54 Å². The number of ether oxygens (including phenoxy) is 1. The number of hydrogen-bond acceptors (Lipinski definition) is 6. The number of methoxy groups -OCH3 is 1. The van der Waals surface area contributed by atoms with Crippen molar-refractivity contribution in [1.29, 1.82) is 0 Å². The number of amides is 1. The Morgan fingerprint density at radius 3 is 3.06 bits per heavy atom. The molecule has 0 aliphatic heterocycles. The van der Waals surface area contributed by atoms with E-state index in [0.717, 1.165) is 0 Å². The molecular formula is C11H11N3O4. The number of benzene rings is 1. The van der Waals surface area contributed by atoms with Gasteiger partial charge < -0.3 is 19.7 Å². The Morgan fingerprint density at radius 2 is 2.39 bits per heavy atom. The first-order chi connectivity index (χ1) is 8.70. The highest BCUT2D eigenvalue weighted by molar-refractivity contribution is 5.97. The molecule has 0 unspecified atom stereocenters. The van der Waals surface area contributed by atoms with Crippen LogP contribution >= 0.6 is 0 Å². The van der Waals surface area contributed by atoms with Crippen molar-refractivity contribution in [3.05, 3.63) is 36.0 Å². The van der Waals surface area contributed by atoms with Crippen molar-refractivity contribution in [3.8, 4) is 11.5 Å². The van der Waals surface area contributed by atoms with Crippen LogP contribution in [0.2, 0.25) is 0 Å². The summed E-state index contributed by atoms with van der Waals surface area (Å²) in [6.07, 6.45) is 1.17. The van der Waals surface area contributed by atoms with E-state index in [1.807, 2.05) is 0 Å². The van der Waals surface area contributed by atoms with Crippen LogP contribution in [0.4, 0.5) is 0 Å². The molecule has 2 N–H and O–H groups in total. The molecule has 0 saturated heterocycles. The maximum absolute atomic E-state index is 11.8. The molecule has 1 aromatic heterocycles. The van der Waals surface area contributed by atoms with Gasteiger partial charge in [-0.15, -0.1) is 0 Å². The minimum Gasteiger partial charge on any atom is -0.507 e. The standard InChI is InChI=1S/C11H11N3O4/c1-17-7-2-3-9(15)8(4-7)11(16)12-5-10-13-6-18-14-10/h2-4,6,15H,5H2,1H3,(H,12,16). The zero-order valence-corrected chi connectivity index (χ0v) is 9.58. The molecule has 0 saturated carbocycles. The Balaban J connectivity index is 2.08. The van der Waals surface area contributed by atoms with Gasteiger partial charge in [0, 0.05) is 0 Å². The summed E-state index contributed by atoms with van der Waals surface area (Å²) >= 11 is 0. The van der Waals surface area contributed by atoms with Gasteiger partial charge in [-0.3, -0.25) is 4.79 Å². The quantitative estimate of drug-likeness (QED) is 0.828. The van der Waals surface area contributed by atoms with Crippen molar-refractivity contribution in [2.24, 2.45) is 0 Å². The SMILES string of the molecule is COc1ccc(O)c(C(=O)NCc2ncon2)c1. The van der Waals surface area contributed by atoms with Gasteiger partial charge in [0.1, 0.15) is 11.5 Å². The van der Waals surface area contributed by atoms with Crippen molar-refractivity contribution in [1.82, 2.24) is 15.5 Å². The van der Waals surface area contributed by atoms with Crippen molar-refractivity contribution in [2.45, 2.75) is 6.54 Å². The number of phenolic OH excluding ortho intramolecular Hbond substituents is 1. The third-order valence-corrected chi connectivity index (χ3v) is 2.26. The van der Waals surface area contributed by atoms with Crippen molar-refractivity contribution in [3.63, 3.8) is 0 Å². The number of carbonyl (C=O) groups excluding carboxylic acids is 1. The third-order valence-electron chi connectivity index (χ3n) is 2.26. The lowest BCUT2D eigenvalue weighted by molar-refractivity contribution is 0.0946. The van der Waals surface area contributed by atoms with Crippen LogP contribution in [0.15, 0.2) is 29.1 Å². The summed E-state index contributed by atoms with van der Waals surface area (Å²) in [5.74, 6) is 0.265. The average molecular weight is 249 g/mol. The van der Waals surface area contributed by atoms with Gasteiger partial charge in [-0.1, -0.05) is 5.16 Å². The van der Waals surface area contributed by atoms with E-state index in [1.165, 1.54) is 25.6 Å². The largest absolute Gasteiger partial charge is 0.507 e. The lowest BCUT2D eigenvalue weighted by Crippen LogP contribution is -2.23. The van der Waals surface area contributed by atoms with Gasteiger partial charge in [-0.2, -0.15) is 4.98 Å². The number of rotatable bonds is 4. The smallest absolute Gasteiger partial charge is 0.255 e. The van der Waals surface area contributed by atoms with Crippen LogP contribution in [0.1, 0.15) is 16.2 Å². The Labute approximate surface area is 102 Å². The molecule has 18 heavy (non-hydrogen) atoms. The molecular weight excluding hydrogens is 238 g/mol. The minimum atomic E-state index is -0.448. The molecule has 1 heterocycles. The molecule has 0 radical (unpaired) electrons. The summed E-state index contributed by atoms with van der Waals surface area (Å²) in [6.45, 7) is 0.117. The Bertz CT molecular complexity index is 539. The molecule has 0 spiro atoms. The van der Waals surface area contributed by atoms with E-state index in [1.54, 1.807) is 6.07 Å². The molecule has 0 aliphatic rings. The maximum atomic E-state index is 11.8. The summed E-state index contributed by atoms with van der Waals surface area (Å²) < 4.78 is 9.51. The summed E-state index contributed by atoms with van der Waals surface area (Å²) in [5, 5.41) is 15.7. The molecule has 94 valence electrons. The highest BCUT2D eigenvalue weighted by Gasteiger charge is 2.12. The lowest BCUT2D eigenvalue weighted by Gasteiger charge is -2.07. The van der Waals surface area contributed by atoms with E-state index < -0.39 is 5.91 Å². The van der Waals surface area contributed by atoms with E-state index in [4.69, 9.17) is 4.74 Å². The van der Waals surface area contributed by atoms with Gasteiger partial charge in [0.2, 0.25) is 6.39 Å². The number of phenols is 1. The van der Waals surface area contributed by atoms with Crippen LogP contribution in [-0.4, -0.2) is 28.3 Å². The third kappa shape index (κ3) is 2.57. The summed E-state index contributed by atoms with van der Waals surface area (Å²) in [5.41, 5.74) is 0.123. The topological polar surface area (TPSA) is 97.5 Å². The summed E-state index contributed by atoms with van der Waals surface area (Å²) in [7, 11) is 1.48. The van der Waals surface area contributed by atoms with Crippen LogP contribution < -0.4 is 10.1 Å². The second kappa shape index (κ2) is 5.17. The number of nitrogens with zero attached hydrogens (tertiary/aromatic N) is 2. The fourth-order valence-electron chi connectivity index (χ4n) is 1.35. The second-order valence-electron chi connectivity index (χ2n) is 3.41. The first-order valence-corrected chi connectivity index (χ1v) is 5.11. The summed E-state index contributed by atoms with van der Waals surface area (Å²) in [4.78, 5) is 15.6. The van der Waals surface area contributed by atoms with Crippen molar-refractivity contribution < 1.29 is 19.2 Å². The Hall–Kier alpha value is -2.57. The van der Waals surface area contributed by atoms with Gasteiger partial charge in [0.05, 0.1) is 19.2 Å². The zero-order valence-electron chi connectivity index (χ0n) is 9.58. The molecule has 1 amide bonds. The lowest BCUT2D eigenvalue weighted by atomic mass is 10.1. The van der Waals surface area contributed by atoms with Crippen LogP contribution in [0.25, 0.3) is 0 Å². The molecule has 0 fully saturated rings. The number of aromatic hydroxyl groups is 1. The number of aromatic nitrogens is 2. The first kappa shape index (κ1) is 11.9. The Kier molecular flexibility index (Phi) is 3.42. The minimum absolute atomic E-state index is 0.117. The molecule has 0 bridgehead atoms. The second-order valence-corrected chi connectivity index (χ2v) is 3.41. The molecule has 0 aliphatic carbocycles. The molecule has 7 heteroatoms. The van der Waals surface area contributed by atoms with Crippen molar-refractivity contribution in [2.75, 3.05) is 7.11 Å². The molecule has 2 rings (SSSR count). The monoisotopic (exact) mass is 249 g/mol. The van der Waals surface area contributed by atoms with E-state index in [-0.39, 0.29) is 17.9 Å². The molecule has 1 aromatic carbocycles. The zero-order chi connectivity index (χ0) is 13.0. The highest BCUT2D eigenvalue weighted by atomic mass is 16.5. The first-order valence-electron chi connectivity index (χ1n) is 5.11. The number of nitrogens with one attached hydrogen (secondary N) is 1. The van der Waals surface area contributed by atoms with Crippen LogP contribution in [0, 0.1) is 0 Å². The Morgan fingerprint density at radius 1 is 1.56 bits per heavy atom. The number of hydrogen-bond donors (Lipinski definition) is 2. The van der Waals surface area contributed by atoms with Gasteiger partial charge in [-0.25, -0.2) is 0 Å². The van der Waals surface area contributed by atoms with Gasteiger partial charge in [0.25, 0.3) is 5.91 Å². The van der Waals surface area contributed by atoms with E-state index in [9.17, 15) is 9.90 Å². The number of carbonyl (C=O) groups is 1. The summed E-state index contributed by atoms with van der Waals surface area (Å²) in [6, 6.07) is 4.40.